The molecule has 6 heteroatoms. The van der Waals surface area contributed by atoms with Gasteiger partial charge in [-0.2, -0.15) is 0 Å². The molecule has 0 bridgehead atoms. The Balaban J connectivity index is 1.31. The fourth-order valence-electron chi connectivity index (χ4n) is 3.68. The van der Waals surface area contributed by atoms with Gasteiger partial charge in [0.25, 0.3) is 5.91 Å². The van der Waals surface area contributed by atoms with Gasteiger partial charge in [-0.1, -0.05) is 42.5 Å². The Labute approximate surface area is 158 Å². The van der Waals surface area contributed by atoms with Gasteiger partial charge in [0.2, 0.25) is 0 Å². The summed E-state index contributed by atoms with van der Waals surface area (Å²) in [4.78, 5) is 27.3. The van der Waals surface area contributed by atoms with Gasteiger partial charge >= 0.3 is 6.03 Å². The van der Waals surface area contributed by atoms with Gasteiger partial charge < -0.3 is 14.7 Å². The van der Waals surface area contributed by atoms with Crippen LogP contribution in [0, 0.1) is 0 Å². The highest BCUT2D eigenvalue weighted by atomic mass is 16.5. The van der Waals surface area contributed by atoms with E-state index < -0.39 is 6.10 Å². The first-order valence-corrected chi connectivity index (χ1v) is 9.22. The summed E-state index contributed by atoms with van der Waals surface area (Å²) in [6, 6.07) is 17.0. The van der Waals surface area contributed by atoms with E-state index in [1.54, 1.807) is 4.90 Å². The number of carbonyl (C=O) groups excluding carboxylic acids is 2. The highest BCUT2D eigenvalue weighted by Gasteiger charge is 2.47. The summed E-state index contributed by atoms with van der Waals surface area (Å²) in [5.74, 6) is 0.428. The molecule has 0 aliphatic carbocycles. The number of aliphatic hydroxyl groups is 1. The van der Waals surface area contributed by atoms with Crippen LogP contribution in [-0.2, 0) is 4.79 Å². The Hall–Kier alpha value is -2.86. The molecule has 2 aliphatic heterocycles. The number of β-amino-alcohol motifs (C(OH)–C–C–N with tert-alkyl or cyclic N) is 1. The number of nitrogens with zero attached hydrogens (tertiary/aromatic N) is 2. The Bertz CT molecular complexity index is 800. The van der Waals surface area contributed by atoms with Crippen LogP contribution in [0.4, 0.5) is 4.79 Å². The van der Waals surface area contributed by atoms with Crippen molar-refractivity contribution in [1.29, 1.82) is 0 Å². The lowest BCUT2D eigenvalue weighted by Crippen LogP contribution is -2.41. The van der Waals surface area contributed by atoms with Gasteiger partial charge in [-0.05, 0) is 36.1 Å². The Morgan fingerprint density at radius 1 is 1.04 bits per heavy atom. The molecular weight excluding hydrogens is 344 g/mol. The van der Waals surface area contributed by atoms with Crippen LogP contribution in [0.25, 0.3) is 11.1 Å². The van der Waals surface area contributed by atoms with Crippen molar-refractivity contribution < 1.29 is 19.4 Å². The SMILES string of the molecule is O=C1[C@@H]2CCCN2C(=O)N1C[C@H](O)COc1ccc(-c2ccccc2)cc1. The first-order valence-electron chi connectivity index (χ1n) is 9.22. The zero-order valence-corrected chi connectivity index (χ0v) is 15.0. The smallest absolute Gasteiger partial charge is 0.327 e. The van der Waals surface area contributed by atoms with Crippen LogP contribution in [-0.4, -0.2) is 58.7 Å². The number of hydrogen-bond donors (Lipinski definition) is 1. The van der Waals surface area contributed by atoms with Crippen molar-refractivity contribution in [2.75, 3.05) is 19.7 Å². The lowest BCUT2D eigenvalue weighted by molar-refractivity contribution is -0.129. The molecule has 6 nitrogen and oxygen atoms in total. The normalized spacial score (nSPS) is 20.1. The Morgan fingerprint density at radius 2 is 1.74 bits per heavy atom. The number of ether oxygens (including phenoxy) is 1. The topological polar surface area (TPSA) is 70.1 Å². The molecule has 2 aromatic carbocycles. The van der Waals surface area contributed by atoms with E-state index in [1.165, 1.54) is 0 Å². The highest BCUT2D eigenvalue weighted by Crippen LogP contribution is 2.27. The number of hydrogen-bond acceptors (Lipinski definition) is 4. The molecule has 0 radical (unpaired) electrons. The summed E-state index contributed by atoms with van der Waals surface area (Å²) in [6.07, 6.45) is 0.647. The van der Waals surface area contributed by atoms with Gasteiger partial charge in [0, 0.05) is 6.54 Å². The van der Waals surface area contributed by atoms with E-state index in [1.807, 2.05) is 54.6 Å². The van der Waals surface area contributed by atoms with Gasteiger partial charge in [-0.15, -0.1) is 0 Å². The van der Waals surface area contributed by atoms with Gasteiger partial charge in [0.1, 0.15) is 24.5 Å². The quantitative estimate of drug-likeness (QED) is 0.798. The molecule has 0 aromatic heterocycles. The average Bonchev–Trinajstić information content (AvgIpc) is 3.27. The summed E-state index contributed by atoms with van der Waals surface area (Å²) < 4.78 is 5.62. The molecule has 3 amide bonds. The maximum atomic E-state index is 12.3. The van der Waals surface area contributed by atoms with Gasteiger partial charge in [0.05, 0.1) is 6.54 Å². The van der Waals surface area contributed by atoms with E-state index in [4.69, 9.17) is 4.74 Å². The molecule has 140 valence electrons. The monoisotopic (exact) mass is 366 g/mol. The maximum absolute atomic E-state index is 12.3. The number of amides is 3. The zero-order chi connectivity index (χ0) is 18.8. The number of carbonyl (C=O) groups is 2. The van der Waals surface area contributed by atoms with Crippen LogP contribution in [0.1, 0.15) is 12.8 Å². The lowest BCUT2D eigenvalue weighted by atomic mass is 10.1. The molecule has 2 atom stereocenters. The van der Waals surface area contributed by atoms with Crippen molar-refractivity contribution in [1.82, 2.24) is 9.80 Å². The van der Waals surface area contributed by atoms with Gasteiger partial charge in [0.15, 0.2) is 0 Å². The Morgan fingerprint density at radius 3 is 2.44 bits per heavy atom. The molecule has 0 spiro atoms. The average molecular weight is 366 g/mol. The standard InChI is InChI=1S/C21H22N2O4/c24-17(13-23-20(25)19-7-4-12-22(19)21(23)26)14-27-18-10-8-16(9-11-18)15-5-2-1-3-6-15/h1-3,5-6,8-11,17,19,24H,4,7,12-14H2/t17-,19-/m0/s1. The summed E-state index contributed by atoms with van der Waals surface area (Å²) in [6.45, 7) is 0.602. The third kappa shape index (κ3) is 3.53. The van der Waals surface area contributed by atoms with Crippen LogP contribution in [0.3, 0.4) is 0 Å². The number of benzene rings is 2. The largest absolute Gasteiger partial charge is 0.491 e. The molecule has 0 unspecified atom stereocenters. The fraction of sp³-hybridized carbons (Fsp3) is 0.333. The molecule has 2 aliphatic rings. The first kappa shape index (κ1) is 17.5. The Kier molecular flexibility index (Phi) is 4.81. The van der Waals surface area contributed by atoms with E-state index in [-0.39, 0.29) is 31.1 Å². The molecule has 2 saturated heterocycles. The number of aliphatic hydroxyl groups excluding tert-OH is 1. The number of fused-ring (bicyclic) bond motifs is 1. The summed E-state index contributed by atoms with van der Waals surface area (Å²) >= 11 is 0. The van der Waals surface area contributed by atoms with Gasteiger partial charge in [-0.3, -0.25) is 9.69 Å². The minimum Gasteiger partial charge on any atom is -0.491 e. The molecule has 0 saturated carbocycles. The van der Waals surface area contributed by atoms with E-state index in [2.05, 4.69) is 0 Å². The number of urea groups is 1. The van der Waals surface area contributed by atoms with E-state index in [0.717, 1.165) is 22.4 Å². The van der Waals surface area contributed by atoms with Crippen LogP contribution in [0.2, 0.25) is 0 Å². The van der Waals surface area contributed by atoms with Crippen molar-refractivity contribution in [3.05, 3.63) is 54.6 Å². The van der Waals surface area contributed by atoms with Crippen LogP contribution < -0.4 is 4.74 Å². The molecule has 27 heavy (non-hydrogen) atoms. The van der Waals surface area contributed by atoms with Crippen molar-refractivity contribution in [2.24, 2.45) is 0 Å². The minimum absolute atomic E-state index is 0.0202. The summed E-state index contributed by atoms with van der Waals surface area (Å²) in [7, 11) is 0. The van der Waals surface area contributed by atoms with E-state index >= 15 is 0 Å². The summed E-state index contributed by atoms with van der Waals surface area (Å²) in [5.41, 5.74) is 2.20. The van der Waals surface area contributed by atoms with Crippen molar-refractivity contribution in [3.8, 4) is 16.9 Å². The molecule has 2 aromatic rings. The number of imide groups is 1. The second-order valence-corrected chi connectivity index (χ2v) is 6.94. The molecule has 4 rings (SSSR count). The molecule has 1 N–H and O–H groups in total. The predicted octanol–water partition coefficient (Wildman–Crippen LogP) is 2.52. The van der Waals surface area contributed by atoms with Crippen molar-refractivity contribution >= 4 is 11.9 Å². The van der Waals surface area contributed by atoms with E-state index in [0.29, 0.717) is 18.7 Å². The second kappa shape index (κ2) is 7.40. The third-order valence-electron chi connectivity index (χ3n) is 5.08. The minimum atomic E-state index is -0.924. The van der Waals surface area contributed by atoms with E-state index in [9.17, 15) is 14.7 Å². The predicted molar refractivity (Wildman–Crippen MR) is 100 cm³/mol. The molecule has 2 fully saturated rings. The zero-order valence-electron chi connectivity index (χ0n) is 15.0. The fourth-order valence-corrected chi connectivity index (χ4v) is 3.68. The maximum Gasteiger partial charge on any atom is 0.327 e. The molecule has 2 heterocycles. The second-order valence-electron chi connectivity index (χ2n) is 6.94. The molecular formula is C21H22N2O4. The van der Waals surface area contributed by atoms with Crippen LogP contribution in [0.5, 0.6) is 5.75 Å². The third-order valence-corrected chi connectivity index (χ3v) is 5.08. The van der Waals surface area contributed by atoms with Crippen LogP contribution in [0.15, 0.2) is 54.6 Å². The van der Waals surface area contributed by atoms with Crippen molar-refractivity contribution in [3.63, 3.8) is 0 Å². The first-order chi connectivity index (χ1) is 13.1. The highest BCUT2D eigenvalue weighted by molar-refractivity contribution is 6.04. The van der Waals surface area contributed by atoms with Crippen molar-refractivity contribution in [2.45, 2.75) is 25.0 Å². The lowest BCUT2D eigenvalue weighted by Gasteiger charge is -2.19. The van der Waals surface area contributed by atoms with Crippen LogP contribution >= 0.6 is 0 Å². The summed E-state index contributed by atoms with van der Waals surface area (Å²) in [5, 5.41) is 10.2. The number of rotatable bonds is 6. The van der Waals surface area contributed by atoms with Gasteiger partial charge in [-0.25, -0.2) is 4.79 Å².